The van der Waals surface area contributed by atoms with Gasteiger partial charge in [-0.25, -0.2) is 0 Å². The van der Waals surface area contributed by atoms with Crippen LogP contribution in [-0.2, 0) is 4.79 Å². The highest BCUT2D eigenvalue weighted by Gasteiger charge is 2.11. The third kappa shape index (κ3) is 3.83. The standard InChI is InChI=1S/C18H21NO2S/c1-11-9-12(2)14(4)18(13(11)3)22-10-17(21)19-15-5-7-16(20)8-6-15/h5-9,20H,10H2,1-4H3,(H,19,21). The smallest absolute Gasteiger partial charge is 0.234 e. The average molecular weight is 315 g/mol. The number of anilines is 1. The molecule has 0 aromatic heterocycles. The summed E-state index contributed by atoms with van der Waals surface area (Å²) in [6.07, 6.45) is 0. The lowest BCUT2D eigenvalue weighted by Gasteiger charge is -2.14. The number of phenolic OH excluding ortho intramolecular Hbond substituents is 1. The molecule has 0 saturated carbocycles. The third-order valence-corrected chi connectivity index (χ3v) is 5.10. The number of aryl methyl sites for hydroxylation is 2. The van der Waals surface area contributed by atoms with E-state index in [1.807, 2.05) is 0 Å². The Kier molecular flexibility index (Phi) is 5.14. The summed E-state index contributed by atoms with van der Waals surface area (Å²) in [6, 6.07) is 8.67. The lowest BCUT2D eigenvalue weighted by Crippen LogP contribution is -2.14. The van der Waals surface area contributed by atoms with Crippen LogP contribution in [0.1, 0.15) is 22.3 Å². The van der Waals surface area contributed by atoms with E-state index in [0.717, 1.165) is 0 Å². The SMILES string of the molecule is Cc1cc(C)c(C)c(SCC(=O)Nc2ccc(O)cc2)c1C. The van der Waals surface area contributed by atoms with Crippen molar-refractivity contribution < 1.29 is 9.90 Å². The Morgan fingerprint density at radius 3 is 2.14 bits per heavy atom. The van der Waals surface area contributed by atoms with E-state index in [-0.39, 0.29) is 11.7 Å². The topological polar surface area (TPSA) is 49.3 Å². The quantitative estimate of drug-likeness (QED) is 0.651. The summed E-state index contributed by atoms with van der Waals surface area (Å²) in [5.41, 5.74) is 5.68. The molecule has 116 valence electrons. The number of benzene rings is 2. The van der Waals surface area contributed by atoms with E-state index in [2.05, 4.69) is 39.1 Å². The van der Waals surface area contributed by atoms with E-state index in [4.69, 9.17) is 0 Å². The largest absolute Gasteiger partial charge is 0.508 e. The first-order chi connectivity index (χ1) is 10.4. The molecule has 0 unspecified atom stereocenters. The number of rotatable bonds is 4. The number of aromatic hydroxyl groups is 1. The van der Waals surface area contributed by atoms with Crippen molar-refractivity contribution in [1.82, 2.24) is 0 Å². The van der Waals surface area contributed by atoms with Crippen molar-refractivity contribution in [3.05, 3.63) is 52.6 Å². The van der Waals surface area contributed by atoms with Gasteiger partial charge in [0.25, 0.3) is 0 Å². The van der Waals surface area contributed by atoms with Crippen molar-refractivity contribution in [1.29, 1.82) is 0 Å². The summed E-state index contributed by atoms with van der Waals surface area (Å²) >= 11 is 1.57. The van der Waals surface area contributed by atoms with Gasteiger partial charge in [0, 0.05) is 10.6 Å². The number of carbonyl (C=O) groups excluding carboxylic acids is 1. The van der Waals surface area contributed by atoms with E-state index in [1.54, 1.807) is 36.0 Å². The lowest BCUT2D eigenvalue weighted by atomic mass is 10.0. The van der Waals surface area contributed by atoms with Crippen molar-refractivity contribution in [3.63, 3.8) is 0 Å². The van der Waals surface area contributed by atoms with Crippen LogP contribution in [0.2, 0.25) is 0 Å². The Hall–Kier alpha value is -1.94. The third-order valence-electron chi connectivity index (χ3n) is 3.80. The van der Waals surface area contributed by atoms with Crippen LogP contribution < -0.4 is 5.32 Å². The van der Waals surface area contributed by atoms with Crippen molar-refractivity contribution in [2.45, 2.75) is 32.6 Å². The number of carbonyl (C=O) groups is 1. The number of thioether (sulfide) groups is 1. The molecule has 0 bridgehead atoms. The number of amides is 1. The fourth-order valence-corrected chi connectivity index (χ4v) is 3.38. The molecule has 2 aromatic rings. The van der Waals surface area contributed by atoms with E-state index in [9.17, 15) is 9.90 Å². The summed E-state index contributed by atoms with van der Waals surface area (Å²) in [7, 11) is 0. The minimum absolute atomic E-state index is 0.0475. The molecule has 0 fully saturated rings. The molecular formula is C18H21NO2S. The maximum Gasteiger partial charge on any atom is 0.234 e. The molecule has 22 heavy (non-hydrogen) atoms. The number of hydrogen-bond acceptors (Lipinski definition) is 3. The molecule has 0 saturated heterocycles. The summed E-state index contributed by atoms with van der Waals surface area (Å²) < 4.78 is 0. The molecule has 3 nitrogen and oxygen atoms in total. The second kappa shape index (κ2) is 6.88. The van der Waals surface area contributed by atoms with E-state index >= 15 is 0 Å². The number of phenols is 1. The molecule has 0 aliphatic rings. The molecule has 1 amide bonds. The summed E-state index contributed by atoms with van der Waals surface area (Å²) in [5.74, 6) is 0.508. The molecule has 2 rings (SSSR count). The average Bonchev–Trinajstić information content (AvgIpc) is 2.47. The summed E-state index contributed by atoms with van der Waals surface area (Å²) in [5, 5.41) is 12.1. The van der Waals surface area contributed by atoms with Crippen LogP contribution in [0.4, 0.5) is 5.69 Å². The van der Waals surface area contributed by atoms with Gasteiger partial charge < -0.3 is 10.4 Å². The van der Waals surface area contributed by atoms with Gasteiger partial charge in [0.15, 0.2) is 0 Å². The predicted molar refractivity (Wildman–Crippen MR) is 92.9 cm³/mol. The van der Waals surface area contributed by atoms with Crippen LogP contribution in [0.25, 0.3) is 0 Å². The Morgan fingerprint density at radius 2 is 1.59 bits per heavy atom. The van der Waals surface area contributed by atoms with Crippen LogP contribution >= 0.6 is 11.8 Å². The molecular weight excluding hydrogens is 294 g/mol. The fourth-order valence-electron chi connectivity index (χ4n) is 2.28. The first kappa shape index (κ1) is 16.4. The molecule has 0 radical (unpaired) electrons. The van der Waals surface area contributed by atoms with Gasteiger partial charge in [0.05, 0.1) is 5.75 Å². The Morgan fingerprint density at radius 1 is 1.05 bits per heavy atom. The van der Waals surface area contributed by atoms with Crippen LogP contribution in [-0.4, -0.2) is 16.8 Å². The molecule has 2 N–H and O–H groups in total. The van der Waals surface area contributed by atoms with Gasteiger partial charge in [-0.15, -0.1) is 11.8 Å². The van der Waals surface area contributed by atoms with Gasteiger partial charge >= 0.3 is 0 Å². The number of nitrogens with one attached hydrogen (secondary N) is 1. The van der Waals surface area contributed by atoms with Gasteiger partial charge in [-0.1, -0.05) is 6.07 Å². The highest BCUT2D eigenvalue weighted by atomic mass is 32.2. The Labute approximate surface area is 135 Å². The maximum atomic E-state index is 12.1. The molecule has 0 atom stereocenters. The highest BCUT2D eigenvalue weighted by Crippen LogP contribution is 2.30. The monoisotopic (exact) mass is 315 g/mol. The second-order valence-corrected chi connectivity index (χ2v) is 6.46. The fraction of sp³-hybridized carbons (Fsp3) is 0.278. The minimum atomic E-state index is -0.0475. The lowest BCUT2D eigenvalue weighted by molar-refractivity contribution is -0.113. The van der Waals surface area contributed by atoms with Crippen molar-refractivity contribution in [2.24, 2.45) is 0 Å². The minimum Gasteiger partial charge on any atom is -0.508 e. The van der Waals surface area contributed by atoms with Gasteiger partial charge in [-0.3, -0.25) is 4.79 Å². The summed E-state index contributed by atoms with van der Waals surface area (Å²) in [6.45, 7) is 8.40. The summed E-state index contributed by atoms with van der Waals surface area (Å²) in [4.78, 5) is 13.3. The molecule has 0 aliphatic heterocycles. The Bertz CT molecular complexity index is 667. The normalized spacial score (nSPS) is 10.5. The van der Waals surface area contributed by atoms with Gasteiger partial charge in [0.1, 0.15) is 5.75 Å². The molecule has 0 spiro atoms. The zero-order chi connectivity index (χ0) is 16.3. The molecule has 2 aromatic carbocycles. The van der Waals surface area contributed by atoms with Crippen molar-refractivity contribution in [3.8, 4) is 5.75 Å². The van der Waals surface area contributed by atoms with Crippen LogP contribution in [0.15, 0.2) is 35.2 Å². The molecule has 0 heterocycles. The highest BCUT2D eigenvalue weighted by molar-refractivity contribution is 8.00. The van der Waals surface area contributed by atoms with E-state index < -0.39 is 0 Å². The van der Waals surface area contributed by atoms with Crippen molar-refractivity contribution >= 4 is 23.4 Å². The molecule has 0 aliphatic carbocycles. The number of hydrogen-bond donors (Lipinski definition) is 2. The zero-order valence-corrected chi connectivity index (χ0v) is 14.2. The zero-order valence-electron chi connectivity index (χ0n) is 13.4. The van der Waals surface area contributed by atoms with Crippen molar-refractivity contribution in [2.75, 3.05) is 11.1 Å². The second-order valence-electron chi connectivity index (χ2n) is 5.47. The maximum absolute atomic E-state index is 12.1. The molecule has 4 heteroatoms. The first-order valence-electron chi connectivity index (χ1n) is 7.17. The van der Waals surface area contributed by atoms with E-state index in [0.29, 0.717) is 11.4 Å². The van der Waals surface area contributed by atoms with Crippen LogP contribution in [0.3, 0.4) is 0 Å². The first-order valence-corrected chi connectivity index (χ1v) is 8.16. The van der Waals surface area contributed by atoms with Gasteiger partial charge in [-0.2, -0.15) is 0 Å². The van der Waals surface area contributed by atoms with Gasteiger partial charge in [-0.05, 0) is 74.2 Å². The van der Waals surface area contributed by atoms with E-state index in [1.165, 1.54) is 27.1 Å². The Balaban J connectivity index is 2.04. The van der Waals surface area contributed by atoms with Crippen LogP contribution in [0.5, 0.6) is 5.75 Å². The predicted octanol–water partition coefficient (Wildman–Crippen LogP) is 4.36. The van der Waals surface area contributed by atoms with Gasteiger partial charge in [0.2, 0.25) is 5.91 Å². The van der Waals surface area contributed by atoms with Crippen LogP contribution in [0, 0.1) is 27.7 Å².